The van der Waals surface area contributed by atoms with Crippen molar-refractivity contribution in [1.29, 1.82) is 0 Å². The smallest absolute Gasteiger partial charge is 0.290 e. The van der Waals surface area contributed by atoms with Gasteiger partial charge in [-0.25, -0.2) is 0 Å². The Labute approximate surface area is 126 Å². The predicted molar refractivity (Wildman–Crippen MR) is 77.5 cm³/mol. The largest absolute Gasteiger partial charge is 0.347 e. The zero-order chi connectivity index (χ0) is 14.9. The summed E-state index contributed by atoms with van der Waals surface area (Å²) < 4.78 is 0. The molecule has 1 amide bonds. The number of carbonyl (C=O) groups excluding carboxylic acids is 1. The second-order valence-electron chi connectivity index (χ2n) is 4.99. The van der Waals surface area contributed by atoms with Crippen LogP contribution in [0.2, 0.25) is 10.0 Å². The van der Waals surface area contributed by atoms with Gasteiger partial charge in [-0.15, -0.1) is 0 Å². The molecule has 108 valence electrons. The number of nitro groups is 1. The maximum Gasteiger partial charge on any atom is 0.290 e. The van der Waals surface area contributed by atoms with Gasteiger partial charge in [0.2, 0.25) is 0 Å². The van der Waals surface area contributed by atoms with Crippen LogP contribution in [-0.2, 0) is 0 Å². The Morgan fingerprint density at radius 1 is 1.45 bits per heavy atom. The van der Waals surface area contributed by atoms with Crippen molar-refractivity contribution in [2.24, 2.45) is 0 Å². The average molecular weight is 317 g/mol. The van der Waals surface area contributed by atoms with Crippen LogP contribution in [0.1, 0.15) is 43.0 Å². The van der Waals surface area contributed by atoms with E-state index in [1.807, 2.05) is 6.92 Å². The summed E-state index contributed by atoms with van der Waals surface area (Å²) in [6, 6.07) is 2.51. The number of halogens is 2. The molecule has 1 aliphatic rings. The number of hydrogen-bond acceptors (Lipinski definition) is 3. The minimum absolute atomic E-state index is 0.00479. The Morgan fingerprint density at radius 3 is 2.55 bits per heavy atom. The SMILES string of the molecule is CCC1(NC(=O)c2cc(Cl)c(Cl)c([N+](=O)[O-])c2)CCC1. The van der Waals surface area contributed by atoms with E-state index < -0.39 is 4.92 Å². The number of nitrogens with zero attached hydrogens (tertiary/aromatic N) is 1. The molecule has 1 saturated carbocycles. The summed E-state index contributed by atoms with van der Waals surface area (Å²) in [7, 11) is 0. The van der Waals surface area contributed by atoms with Crippen molar-refractivity contribution in [2.75, 3.05) is 0 Å². The highest BCUT2D eigenvalue weighted by Crippen LogP contribution is 2.36. The van der Waals surface area contributed by atoms with E-state index in [4.69, 9.17) is 23.2 Å². The van der Waals surface area contributed by atoms with Crippen molar-refractivity contribution in [3.8, 4) is 0 Å². The monoisotopic (exact) mass is 316 g/mol. The van der Waals surface area contributed by atoms with Crippen LogP contribution in [0.3, 0.4) is 0 Å². The zero-order valence-corrected chi connectivity index (χ0v) is 12.4. The van der Waals surface area contributed by atoms with E-state index in [2.05, 4.69) is 5.32 Å². The predicted octanol–water partition coefficient (Wildman–Crippen LogP) is 3.96. The van der Waals surface area contributed by atoms with E-state index in [1.54, 1.807) is 0 Å². The third kappa shape index (κ3) is 2.74. The summed E-state index contributed by atoms with van der Waals surface area (Å²) in [6.07, 6.45) is 3.77. The fourth-order valence-corrected chi connectivity index (χ4v) is 2.71. The maximum absolute atomic E-state index is 12.2. The Balaban J connectivity index is 2.28. The summed E-state index contributed by atoms with van der Waals surface area (Å²) in [4.78, 5) is 22.5. The van der Waals surface area contributed by atoms with Crippen molar-refractivity contribution in [3.63, 3.8) is 0 Å². The van der Waals surface area contributed by atoms with Gasteiger partial charge in [0.1, 0.15) is 5.02 Å². The van der Waals surface area contributed by atoms with Crippen LogP contribution in [0.5, 0.6) is 0 Å². The van der Waals surface area contributed by atoms with Crippen molar-refractivity contribution >= 4 is 34.8 Å². The van der Waals surface area contributed by atoms with Crippen molar-refractivity contribution in [3.05, 3.63) is 37.9 Å². The first-order valence-corrected chi connectivity index (χ1v) is 7.10. The summed E-state index contributed by atoms with van der Waals surface area (Å²) in [5.74, 6) is -0.354. The molecule has 0 aliphatic heterocycles. The molecule has 0 bridgehead atoms. The quantitative estimate of drug-likeness (QED) is 0.675. The van der Waals surface area contributed by atoms with E-state index in [1.165, 1.54) is 6.07 Å². The van der Waals surface area contributed by atoms with Crippen LogP contribution in [0.15, 0.2) is 12.1 Å². The Hall–Kier alpha value is -1.33. The molecule has 0 saturated heterocycles. The van der Waals surface area contributed by atoms with Crippen LogP contribution in [0.4, 0.5) is 5.69 Å². The van der Waals surface area contributed by atoms with E-state index in [-0.39, 0.29) is 32.7 Å². The lowest BCUT2D eigenvalue weighted by molar-refractivity contribution is -0.384. The molecule has 1 fully saturated rings. The summed E-state index contributed by atoms with van der Waals surface area (Å²) in [5.41, 5.74) is -0.382. The number of benzene rings is 1. The fourth-order valence-electron chi connectivity index (χ4n) is 2.32. The molecule has 0 heterocycles. The third-order valence-corrected chi connectivity index (χ3v) is 4.63. The number of nitro benzene ring substituents is 1. The minimum atomic E-state index is -0.649. The normalized spacial score (nSPS) is 16.4. The van der Waals surface area contributed by atoms with Gasteiger partial charge >= 0.3 is 0 Å². The van der Waals surface area contributed by atoms with Gasteiger partial charge in [0.25, 0.3) is 11.6 Å². The van der Waals surface area contributed by atoms with Crippen molar-refractivity contribution < 1.29 is 9.72 Å². The molecule has 7 heteroatoms. The lowest BCUT2D eigenvalue weighted by Gasteiger charge is -2.42. The summed E-state index contributed by atoms with van der Waals surface area (Å²) >= 11 is 11.6. The second-order valence-corrected chi connectivity index (χ2v) is 5.78. The second kappa shape index (κ2) is 5.58. The first-order valence-electron chi connectivity index (χ1n) is 6.34. The first kappa shape index (κ1) is 15.1. The van der Waals surface area contributed by atoms with Gasteiger partial charge in [0.05, 0.1) is 9.95 Å². The molecule has 0 atom stereocenters. The summed E-state index contributed by atoms with van der Waals surface area (Å²) in [6.45, 7) is 2.01. The average Bonchev–Trinajstić information content (AvgIpc) is 2.36. The standard InChI is InChI=1S/C13H14Cl2N2O3/c1-2-13(4-3-5-13)16-12(18)8-6-9(14)11(15)10(7-8)17(19)20/h6-7H,2-5H2,1H3,(H,16,18). The molecule has 20 heavy (non-hydrogen) atoms. The molecule has 0 aromatic heterocycles. The van der Waals surface area contributed by atoms with Gasteiger partial charge < -0.3 is 5.32 Å². The van der Waals surface area contributed by atoms with E-state index in [9.17, 15) is 14.9 Å². The number of nitrogens with one attached hydrogen (secondary N) is 1. The molecule has 1 aromatic rings. The highest BCUT2D eigenvalue weighted by molar-refractivity contribution is 6.43. The van der Waals surface area contributed by atoms with Crippen LogP contribution < -0.4 is 5.32 Å². The molecule has 2 rings (SSSR count). The number of hydrogen-bond donors (Lipinski definition) is 1. The highest BCUT2D eigenvalue weighted by atomic mass is 35.5. The van der Waals surface area contributed by atoms with Gasteiger partial charge in [-0.2, -0.15) is 0 Å². The Bertz CT molecular complexity index is 565. The van der Waals surface area contributed by atoms with Gasteiger partial charge in [-0.3, -0.25) is 14.9 Å². The lowest BCUT2D eigenvalue weighted by atomic mass is 9.74. The topological polar surface area (TPSA) is 72.2 Å². The van der Waals surface area contributed by atoms with Crippen molar-refractivity contribution in [2.45, 2.75) is 38.1 Å². The fraction of sp³-hybridized carbons (Fsp3) is 0.462. The maximum atomic E-state index is 12.2. The Morgan fingerprint density at radius 2 is 2.10 bits per heavy atom. The van der Waals surface area contributed by atoms with Crippen LogP contribution >= 0.6 is 23.2 Å². The van der Waals surface area contributed by atoms with E-state index >= 15 is 0 Å². The number of carbonyl (C=O) groups is 1. The zero-order valence-electron chi connectivity index (χ0n) is 10.9. The highest BCUT2D eigenvalue weighted by Gasteiger charge is 2.37. The molecule has 0 unspecified atom stereocenters. The van der Waals surface area contributed by atoms with E-state index in [0.717, 1.165) is 31.7 Å². The number of amides is 1. The van der Waals surface area contributed by atoms with Gasteiger partial charge in [-0.05, 0) is 31.7 Å². The van der Waals surface area contributed by atoms with Gasteiger partial charge in [0.15, 0.2) is 0 Å². The minimum Gasteiger partial charge on any atom is -0.347 e. The Kier molecular flexibility index (Phi) is 4.20. The molecule has 1 aromatic carbocycles. The first-order chi connectivity index (χ1) is 9.38. The lowest BCUT2D eigenvalue weighted by Crippen LogP contribution is -2.52. The molecule has 5 nitrogen and oxygen atoms in total. The third-order valence-electron chi connectivity index (χ3n) is 3.83. The van der Waals surface area contributed by atoms with Crippen LogP contribution in [0.25, 0.3) is 0 Å². The molecule has 1 N–H and O–H groups in total. The van der Waals surface area contributed by atoms with Crippen LogP contribution in [-0.4, -0.2) is 16.4 Å². The molecule has 0 spiro atoms. The molecule has 0 radical (unpaired) electrons. The van der Waals surface area contributed by atoms with Gasteiger partial charge in [-0.1, -0.05) is 30.1 Å². The molecular weight excluding hydrogens is 303 g/mol. The van der Waals surface area contributed by atoms with E-state index in [0.29, 0.717) is 0 Å². The molecule has 1 aliphatic carbocycles. The van der Waals surface area contributed by atoms with Crippen LogP contribution in [0, 0.1) is 10.1 Å². The summed E-state index contributed by atoms with van der Waals surface area (Å²) in [5, 5.41) is 13.7. The van der Waals surface area contributed by atoms with Gasteiger partial charge in [0, 0.05) is 17.2 Å². The molecular formula is C13H14Cl2N2O3. The number of rotatable bonds is 4. The van der Waals surface area contributed by atoms with Crippen molar-refractivity contribution in [1.82, 2.24) is 5.32 Å².